The first-order valence-corrected chi connectivity index (χ1v) is 9.93. The molecule has 1 atom stereocenters. The Balaban J connectivity index is 1.78. The van der Waals surface area contributed by atoms with E-state index >= 15 is 0 Å². The summed E-state index contributed by atoms with van der Waals surface area (Å²) < 4.78 is 11.3. The van der Waals surface area contributed by atoms with Crippen molar-refractivity contribution in [2.45, 2.75) is 6.04 Å². The Bertz CT molecular complexity index is 1260. The maximum atomic E-state index is 5.70. The van der Waals surface area contributed by atoms with E-state index < -0.39 is 0 Å². The van der Waals surface area contributed by atoms with Crippen molar-refractivity contribution in [3.8, 4) is 11.5 Å². The molecule has 148 valence electrons. The van der Waals surface area contributed by atoms with E-state index in [2.05, 4.69) is 47.8 Å². The number of ether oxygens (including phenoxy) is 2. The maximum absolute atomic E-state index is 5.70. The molecule has 0 bridgehead atoms. The molecule has 0 spiro atoms. The predicted octanol–water partition coefficient (Wildman–Crippen LogP) is 5.82. The van der Waals surface area contributed by atoms with Gasteiger partial charge >= 0.3 is 0 Å². The molecule has 1 aliphatic heterocycles. The van der Waals surface area contributed by atoms with E-state index in [1.807, 2.05) is 42.5 Å². The Labute approximate surface area is 175 Å². The first-order chi connectivity index (χ1) is 14.8. The Morgan fingerprint density at radius 3 is 2.27 bits per heavy atom. The second-order valence-electron chi connectivity index (χ2n) is 7.20. The van der Waals surface area contributed by atoms with Crippen LogP contribution in [0.2, 0.25) is 0 Å². The largest absolute Gasteiger partial charge is 0.496 e. The fourth-order valence-electron chi connectivity index (χ4n) is 4.15. The number of nitrogens with one attached hydrogen (secondary N) is 1. The van der Waals surface area contributed by atoms with Crippen LogP contribution in [0.1, 0.15) is 22.7 Å². The van der Waals surface area contributed by atoms with Crippen LogP contribution in [0.4, 0.5) is 5.69 Å². The van der Waals surface area contributed by atoms with Crippen molar-refractivity contribution in [3.05, 3.63) is 102 Å². The summed E-state index contributed by atoms with van der Waals surface area (Å²) in [5.41, 5.74) is 4.15. The van der Waals surface area contributed by atoms with E-state index in [4.69, 9.17) is 14.5 Å². The molecule has 4 aromatic carbocycles. The molecule has 4 heteroatoms. The number of methoxy groups -OCH3 is 2. The van der Waals surface area contributed by atoms with Gasteiger partial charge in [0.25, 0.3) is 0 Å². The van der Waals surface area contributed by atoms with Crippen LogP contribution >= 0.6 is 0 Å². The normalized spacial score (nSPS) is 15.1. The molecule has 0 amide bonds. The van der Waals surface area contributed by atoms with Crippen LogP contribution in [0.25, 0.3) is 10.8 Å². The lowest BCUT2D eigenvalue weighted by Crippen LogP contribution is -2.23. The minimum absolute atomic E-state index is 0.205. The number of rotatable bonds is 4. The van der Waals surface area contributed by atoms with E-state index in [0.717, 1.165) is 39.7 Å². The number of fused-ring (bicyclic) bond motifs is 3. The number of para-hydroxylation sites is 2. The van der Waals surface area contributed by atoms with Gasteiger partial charge in [0.15, 0.2) is 0 Å². The van der Waals surface area contributed by atoms with Gasteiger partial charge in [0.1, 0.15) is 23.4 Å². The van der Waals surface area contributed by atoms with Crippen molar-refractivity contribution < 1.29 is 9.47 Å². The summed E-state index contributed by atoms with van der Waals surface area (Å²) in [6, 6.07) is 28.5. The van der Waals surface area contributed by atoms with Gasteiger partial charge in [-0.15, -0.1) is 0 Å². The number of hydrogen-bond acceptors (Lipinski definition) is 4. The highest BCUT2D eigenvalue weighted by molar-refractivity contribution is 6.13. The Kier molecular flexibility index (Phi) is 4.60. The van der Waals surface area contributed by atoms with Gasteiger partial charge in [-0.05, 0) is 35.0 Å². The molecule has 0 aromatic heterocycles. The number of hydrogen-bond donors (Lipinski definition) is 1. The molecule has 4 nitrogen and oxygen atoms in total. The molecule has 1 N–H and O–H groups in total. The van der Waals surface area contributed by atoms with Gasteiger partial charge in [0.05, 0.1) is 19.8 Å². The summed E-state index contributed by atoms with van der Waals surface area (Å²) in [5.74, 6) is 2.39. The molecule has 1 unspecified atom stereocenters. The van der Waals surface area contributed by atoms with Crippen molar-refractivity contribution in [1.82, 2.24) is 0 Å². The van der Waals surface area contributed by atoms with Gasteiger partial charge in [-0.1, -0.05) is 60.7 Å². The maximum Gasteiger partial charge on any atom is 0.137 e. The average Bonchev–Trinajstić information content (AvgIpc) is 2.83. The van der Waals surface area contributed by atoms with E-state index in [1.54, 1.807) is 14.2 Å². The fraction of sp³-hybridized carbons (Fsp3) is 0.115. The molecule has 0 fully saturated rings. The molecule has 1 aliphatic rings. The molecular formula is C26H22N2O2. The summed E-state index contributed by atoms with van der Waals surface area (Å²) in [5, 5.41) is 5.92. The van der Waals surface area contributed by atoms with Gasteiger partial charge < -0.3 is 14.8 Å². The van der Waals surface area contributed by atoms with Crippen LogP contribution < -0.4 is 14.8 Å². The lowest BCUT2D eigenvalue weighted by Gasteiger charge is -2.28. The van der Waals surface area contributed by atoms with Crippen LogP contribution in [0.15, 0.2) is 89.9 Å². The highest BCUT2D eigenvalue weighted by Gasteiger charge is 2.28. The van der Waals surface area contributed by atoms with E-state index in [9.17, 15) is 0 Å². The quantitative estimate of drug-likeness (QED) is 0.474. The summed E-state index contributed by atoms with van der Waals surface area (Å²) in [6.07, 6.45) is 0. The Hall–Kier alpha value is -3.79. The summed E-state index contributed by atoms with van der Waals surface area (Å²) in [7, 11) is 3.39. The van der Waals surface area contributed by atoms with Crippen molar-refractivity contribution >= 4 is 22.3 Å². The first kappa shape index (κ1) is 18.3. The topological polar surface area (TPSA) is 42.9 Å². The summed E-state index contributed by atoms with van der Waals surface area (Å²) >= 11 is 0. The molecule has 0 saturated heterocycles. The smallest absolute Gasteiger partial charge is 0.137 e. The fourth-order valence-corrected chi connectivity index (χ4v) is 4.15. The van der Waals surface area contributed by atoms with Crippen molar-refractivity contribution in [2.75, 3.05) is 19.5 Å². The summed E-state index contributed by atoms with van der Waals surface area (Å²) in [6.45, 7) is 0. The van der Waals surface area contributed by atoms with Crippen molar-refractivity contribution in [1.29, 1.82) is 0 Å². The molecule has 0 saturated carbocycles. The zero-order valence-electron chi connectivity index (χ0n) is 16.9. The van der Waals surface area contributed by atoms with Crippen LogP contribution in [0.5, 0.6) is 11.5 Å². The zero-order chi connectivity index (χ0) is 20.5. The lowest BCUT2D eigenvalue weighted by atomic mass is 9.90. The van der Waals surface area contributed by atoms with E-state index in [1.165, 1.54) is 10.8 Å². The summed E-state index contributed by atoms with van der Waals surface area (Å²) in [4.78, 5) is 5.18. The standard InChI is InChI=1S/C26H22N2O2/c1-29-22-13-7-5-11-19(22)25-24-18-10-4-3-9-17(18)15-16-21(24)27-26(28-25)20-12-6-8-14-23(20)30-2/h3-16,25H,1-2H3,(H,27,28). The number of anilines is 1. The highest BCUT2D eigenvalue weighted by Crippen LogP contribution is 2.43. The predicted molar refractivity (Wildman–Crippen MR) is 122 cm³/mol. The molecule has 0 radical (unpaired) electrons. The van der Waals surface area contributed by atoms with Gasteiger partial charge in [-0.3, -0.25) is 4.99 Å². The van der Waals surface area contributed by atoms with E-state index in [-0.39, 0.29) is 6.04 Å². The van der Waals surface area contributed by atoms with Gasteiger partial charge in [-0.2, -0.15) is 0 Å². The molecule has 1 heterocycles. The van der Waals surface area contributed by atoms with Gasteiger partial charge in [-0.25, -0.2) is 0 Å². The van der Waals surface area contributed by atoms with Gasteiger partial charge in [0, 0.05) is 16.8 Å². The van der Waals surface area contributed by atoms with Crippen LogP contribution in [0.3, 0.4) is 0 Å². The third-order valence-electron chi connectivity index (χ3n) is 5.55. The monoisotopic (exact) mass is 394 g/mol. The average molecular weight is 394 g/mol. The minimum atomic E-state index is -0.205. The van der Waals surface area contributed by atoms with Crippen LogP contribution in [-0.4, -0.2) is 20.1 Å². The molecular weight excluding hydrogens is 372 g/mol. The molecule has 30 heavy (non-hydrogen) atoms. The minimum Gasteiger partial charge on any atom is -0.496 e. The highest BCUT2D eigenvalue weighted by atomic mass is 16.5. The van der Waals surface area contributed by atoms with Crippen molar-refractivity contribution in [2.24, 2.45) is 4.99 Å². The zero-order valence-corrected chi connectivity index (χ0v) is 16.9. The third kappa shape index (κ3) is 2.98. The SMILES string of the molecule is COc1ccccc1C1=NC(c2ccccc2OC)c2c(ccc3ccccc23)N1. The number of nitrogens with zero attached hydrogens (tertiary/aromatic N) is 1. The Morgan fingerprint density at radius 1 is 0.733 bits per heavy atom. The Morgan fingerprint density at radius 2 is 1.43 bits per heavy atom. The van der Waals surface area contributed by atoms with Crippen LogP contribution in [0, 0.1) is 0 Å². The lowest BCUT2D eigenvalue weighted by molar-refractivity contribution is 0.408. The number of benzene rings is 4. The van der Waals surface area contributed by atoms with Crippen LogP contribution in [-0.2, 0) is 0 Å². The number of aliphatic imine (C=N–C) groups is 1. The van der Waals surface area contributed by atoms with Gasteiger partial charge in [0.2, 0.25) is 0 Å². The molecule has 4 aromatic rings. The third-order valence-corrected chi connectivity index (χ3v) is 5.55. The van der Waals surface area contributed by atoms with E-state index in [0.29, 0.717) is 0 Å². The number of amidine groups is 1. The molecule has 5 rings (SSSR count). The first-order valence-electron chi connectivity index (χ1n) is 9.93. The molecule has 0 aliphatic carbocycles. The van der Waals surface area contributed by atoms with Crippen molar-refractivity contribution in [3.63, 3.8) is 0 Å². The second kappa shape index (κ2) is 7.56. The second-order valence-corrected chi connectivity index (χ2v) is 7.20.